The first kappa shape index (κ1) is 37.7. The number of carbonyl (C=O) groups excluding carboxylic acids is 2. The van der Waals surface area contributed by atoms with E-state index in [0.29, 0.717) is 29.1 Å². The van der Waals surface area contributed by atoms with Crippen molar-refractivity contribution in [2.24, 2.45) is 13.0 Å². The molecule has 1 atom stereocenters. The summed E-state index contributed by atoms with van der Waals surface area (Å²) < 4.78 is 66.7. The molecule has 0 bridgehead atoms. The number of aryl methyl sites for hydroxylation is 1. The van der Waals surface area contributed by atoms with Crippen molar-refractivity contribution in [3.63, 3.8) is 0 Å². The second-order valence-electron chi connectivity index (χ2n) is 12.8. The molecule has 1 saturated carbocycles. The van der Waals surface area contributed by atoms with Crippen molar-refractivity contribution in [3.8, 4) is 17.1 Å². The number of nitrogens with zero attached hydrogens (tertiary/aromatic N) is 5. The zero-order valence-electron chi connectivity index (χ0n) is 28.9. The molecule has 17 heteroatoms. The van der Waals surface area contributed by atoms with E-state index in [9.17, 15) is 27.6 Å². The second-order valence-corrected chi connectivity index (χ2v) is 14.4. The summed E-state index contributed by atoms with van der Waals surface area (Å²) in [6.07, 6.45) is 10.3. The van der Waals surface area contributed by atoms with Gasteiger partial charge < -0.3 is 14.6 Å². The Bertz CT molecular complexity index is 2360. The van der Waals surface area contributed by atoms with Crippen LogP contribution in [0.15, 0.2) is 100 Å². The molecular weight excluding hydrogens is 725 g/mol. The van der Waals surface area contributed by atoms with Gasteiger partial charge in [0.05, 0.1) is 18.0 Å². The van der Waals surface area contributed by atoms with Gasteiger partial charge in [-0.2, -0.15) is 8.42 Å². The van der Waals surface area contributed by atoms with Crippen molar-refractivity contribution >= 4 is 27.6 Å². The molecule has 1 amide bonds. The highest BCUT2D eigenvalue weighted by Gasteiger charge is 2.29. The zero-order valence-corrected chi connectivity index (χ0v) is 29.8. The zero-order chi connectivity index (χ0) is 38.4. The summed E-state index contributed by atoms with van der Waals surface area (Å²) in [5, 5.41) is 1.92. The Labute approximate surface area is 308 Å². The molecular formula is C37H35F2N7O7S. The normalized spacial score (nSPS) is 13.9. The number of hydrogen-bond acceptors (Lipinski definition) is 10. The molecule has 14 nitrogen and oxygen atoms in total. The first-order valence-electron chi connectivity index (χ1n) is 17.0. The molecule has 0 aliphatic heterocycles. The minimum absolute atomic E-state index is 0.111. The van der Waals surface area contributed by atoms with Crippen LogP contribution < -0.4 is 21.3 Å². The van der Waals surface area contributed by atoms with Crippen LogP contribution in [0.5, 0.6) is 0 Å². The molecule has 6 rings (SSSR count). The summed E-state index contributed by atoms with van der Waals surface area (Å²) in [6, 6.07) is 11.4. The van der Waals surface area contributed by atoms with Crippen molar-refractivity contribution in [2.45, 2.75) is 49.6 Å². The van der Waals surface area contributed by atoms with Gasteiger partial charge in [0.25, 0.3) is 21.5 Å². The van der Waals surface area contributed by atoms with Gasteiger partial charge in [-0.05, 0) is 66.8 Å². The molecule has 3 aromatic heterocycles. The molecule has 1 aliphatic carbocycles. The molecule has 0 radical (unpaired) electrons. The fraction of sp³-hybridized carbons (Fsp3) is 0.270. The number of pyridine rings is 1. The molecule has 1 fully saturated rings. The maximum atomic E-state index is 15.4. The molecule has 0 unspecified atom stereocenters. The van der Waals surface area contributed by atoms with E-state index in [1.807, 2.05) is 0 Å². The van der Waals surface area contributed by atoms with Crippen LogP contribution in [-0.2, 0) is 33.0 Å². The Kier molecular flexibility index (Phi) is 11.4. The highest BCUT2D eigenvalue weighted by Crippen LogP contribution is 2.25. The number of ether oxygens (including phenoxy) is 1. The number of amides is 1. The molecule has 3 heterocycles. The van der Waals surface area contributed by atoms with Crippen molar-refractivity contribution in [2.75, 3.05) is 11.3 Å². The lowest BCUT2D eigenvalue weighted by molar-refractivity contribution is -0.147. The van der Waals surface area contributed by atoms with E-state index in [1.165, 1.54) is 66.7 Å². The number of anilines is 1. The second kappa shape index (κ2) is 16.3. The van der Waals surface area contributed by atoms with E-state index in [0.717, 1.165) is 36.7 Å². The summed E-state index contributed by atoms with van der Waals surface area (Å²) in [5.74, 6) is -4.45. The summed E-state index contributed by atoms with van der Waals surface area (Å²) in [6.45, 7) is 0.111. The van der Waals surface area contributed by atoms with Gasteiger partial charge in [0.1, 0.15) is 23.2 Å². The van der Waals surface area contributed by atoms with Crippen LogP contribution in [0, 0.1) is 17.6 Å². The van der Waals surface area contributed by atoms with Crippen molar-refractivity contribution in [1.82, 2.24) is 29.4 Å². The van der Waals surface area contributed by atoms with Crippen LogP contribution in [0.1, 0.15) is 48.0 Å². The van der Waals surface area contributed by atoms with E-state index in [1.54, 1.807) is 18.2 Å². The molecule has 2 N–H and O–H groups in total. The number of benzene rings is 2. The Balaban J connectivity index is 1.19. The van der Waals surface area contributed by atoms with Crippen molar-refractivity contribution in [3.05, 3.63) is 129 Å². The van der Waals surface area contributed by atoms with Crippen LogP contribution in [0.3, 0.4) is 0 Å². The standard InChI is InChI=1S/C37H35F2N7O7S/c1-45-17-14-32(47)46(37(45)50)27-11-8-23(9-12-27)18-30(36(49)53-22-24-6-3-2-4-7-24)43-35(48)33-28(38)19-26(20-29(33)39)44-54(51,52)31-13-10-25(21-42-31)34-40-15-5-16-41-34/h5,8-17,19-21,24,30,44H,2-4,6-7,18,22H2,1H3,(H,43,48)/t30-/m0/s1. The lowest BCUT2D eigenvalue weighted by Gasteiger charge is -2.23. The van der Waals surface area contributed by atoms with Gasteiger partial charge in [-0.15, -0.1) is 0 Å². The third-order valence-corrected chi connectivity index (χ3v) is 10.2. The number of rotatable bonds is 12. The number of nitrogens with one attached hydrogen (secondary N) is 2. The summed E-state index contributed by atoms with van der Waals surface area (Å²) in [4.78, 5) is 63.8. The molecule has 54 heavy (non-hydrogen) atoms. The average molecular weight is 760 g/mol. The fourth-order valence-electron chi connectivity index (χ4n) is 6.07. The number of carbonyl (C=O) groups is 2. The minimum Gasteiger partial charge on any atom is -0.464 e. The maximum Gasteiger partial charge on any atom is 0.335 e. The van der Waals surface area contributed by atoms with Gasteiger partial charge in [-0.3, -0.25) is 14.3 Å². The van der Waals surface area contributed by atoms with E-state index in [2.05, 4.69) is 25.0 Å². The average Bonchev–Trinajstić information content (AvgIpc) is 3.16. The number of sulfonamides is 1. The highest BCUT2D eigenvalue weighted by molar-refractivity contribution is 7.92. The van der Waals surface area contributed by atoms with E-state index < -0.39 is 67.1 Å². The lowest BCUT2D eigenvalue weighted by atomic mass is 9.90. The predicted molar refractivity (Wildman–Crippen MR) is 192 cm³/mol. The highest BCUT2D eigenvalue weighted by atomic mass is 32.2. The van der Waals surface area contributed by atoms with E-state index in [4.69, 9.17) is 4.74 Å². The Morgan fingerprint density at radius 3 is 2.28 bits per heavy atom. The van der Waals surface area contributed by atoms with Gasteiger partial charge in [0, 0.05) is 49.9 Å². The lowest BCUT2D eigenvalue weighted by Crippen LogP contribution is -2.44. The maximum absolute atomic E-state index is 15.4. The SMILES string of the molecule is Cn1ccc(=O)n(-c2ccc(C[C@H](NC(=O)c3c(F)cc(NS(=O)(=O)c4ccc(-c5ncccn5)cn4)cc3F)C(=O)OCC3CCCCC3)cc2)c1=O. The van der Waals surface area contributed by atoms with Gasteiger partial charge >= 0.3 is 11.7 Å². The van der Waals surface area contributed by atoms with Gasteiger partial charge in [0.2, 0.25) is 0 Å². The van der Waals surface area contributed by atoms with Gasteiger partial charge in [-0.25, -0.2) is 37.9 Å². The fourth-order valence-corrected chi connectivity index (χ4v) is 7.05. The molecule has 0 saturated heterocycles. The summed E-state index contributed by atoms with van der Waals surface area (Å²) in [5.41, 5.74) is -1.51. The minimum atomic E-state index is -4.42. The summed E-state index contributed by atoms with van der Waals surface area (Å²) in [7, 11) is -2.93. The molecule has 1 aliphatic rings. The number of hydrogen-bond donors (Lipinski definition) is 2. The monoisotopic (exact) mass is 759 g/mol. The van der Waals surface area contributed by atoms with E-state index in [-0.39, 0.29) is 24.6 Å². The number of aromatic nitrogens is 5. The van der Waals surface area contributed by atoms with E-state index >= 15 is 8.78 Å². The van der Waals surface area contributed by atoms with Crippen LogP contribution in [0.25, 0.3) is 17.1 Å². The van der Waals surface area contributed by atoms with Gasteiger partial charge in [-0.1, -0.05) is 31.4 Å². The summed E-state index contributed by atoms with van der Waals surface area (Å²) >= 11 is 0. The predicted octanol–water partition coefficient (Wildman–Crippen LogP) is 3.93. The number of halogens is 2. The van der Waals surface area contributed by atoms with Crippen LogP contribution in [-0.4, -0.2) is 57.0 Å². The van der Waals surface area contributed by atoms with Crippen LogP contribution in [0.4, 0.5) is 14.5 Å². The Morgan fingerprint density at radius 2 is 1.63 bits per heavy atom. The smallest absolute Gasteiger partial charge is 0.335 e. The van der Waals surface area contributed by atoms with Gasteiger partial charge in [0.15, 0.2) is 10.9 Å². The largest absolute Gasteiger partial charge is 0.464 e. The van der Waals surface area contributed by atoms with Crippen molar-refractivity contribution < 1.29 is 31.5 Å². The first-order chi connectivity index (χ1) is 25.9. The molecule has 5 aromatic rings. The third-order valence-electron chi connectivity index (χ3n) is 8.92. The quantitative estimate of drug-likeness (QED) is 0.177. The first-order valence-corrected chi connectivity index (χ1v) is 18.5. The molecule has 2 aromatic carbocycles. The van der Waals surface area contributed by atoms with Crippen molar-refractivity contribution in [1.29, 1.82) is 0 Å². The topological polar surface area (TPSA) is 184 Å². The Morgan fingerprint density at radius 1 is 0.944 bits per heavy atom. The number of esters is 1. The third kappa shape index (κ3) is 8.74. The Hall–Kier alpha value is -6.10. The molecule has 280 valence electrons. The van der Waals surface area contributed by atoms with Crippen LogP contribution >= 0.6 is 0 Å². The van der Waals surface area contributed by atoms with Crippen LogP contribution in [0.2, 0.25) is 0 Å². The molecule has 0 spiro atoms.